The predicted molar refractivity (Wildman–Crippen MR) is 84.0 cm³/mol. The van der Waals surface area contributed by atoms with Crippen LogP contribution < -0.4 is 5.32 Å². The monoisotopic (exact) mass is 333 g/mol. The number of aromatic nitrogens is 4. The summed E-state index contributed by atoms with van der Waals surface area (Å²) < 4.78 is 0. The Bertz CT molecular complexity index is 803. The van der Waals surface area contributed by atoms with Crippen LogP contribution >= 0.6 is 23.2 Å². The second-order valence-corrected chi connectivity index (χ2v) is 5.23. The molecule has 8 heteroatoms. The van der Waals surface area contributed by atoms with Gasteiger partial charge in [-0.05, 0) is 35.5 Å². The number of hydrogen-bond donors (Lipinski definition) is 2. The first-order chi connectivity index (χ1) is 10.6. The van der Waals surface area contributed by atoms with Crippen molar-refractivity contribution in [1.29, 1.82) is 0 Å². The quantitative estimate of drug-likeness (QED) is 0.769. The highest BCUT2D eigenvalue weighted by atomic mass is 35.5. The maximum atomic E-state index is 12.2. The third-order valence-corrected chi connectivity index (χ3v) is 3.48. The van der Waals surface area contributed by atoms with Crippen molar-refractivity contribution in [3.05, 3.63) is 58.1 Å². The van der Waals surface area contributed by atoms with Gasteiger partial charge in [0.2, 0.25) is 5.82 Å². The van der Waals surface area contributed by atoms with Crippen molar-refractivity contribution in [3.63, 3.8) is 0 Å². The van der Waals surface area contributed by atoms with E-state index in [-0.39, 0.29) is 5.91 Å². The van der Waals surface area contributed by atoms with Gasteiger partial charge >= 0.3 is 0 Å². The van der Waals surface area contributed by atoms with Gasteiger partial charge < -0.3 is 5.32 Å². The average molecular weight is 334 g/mol. The van der Waals surface area contributed by atoms with E-state index in [0.29, 0.717) is 27.1 Å². The molecule has 0 saturated carbocycles. The van der Waals surface area contributed by atoms with E-state index >= 15 is 0 Å². The van der Waals surface area contributed by atoms with E-state index < -0.39 is 0 Å². The lowest BCUT2D eigenvalue weighted by molar-refractivity contribution is 0.102. The normalized spacial score (nSPS) is 10.5. The molecule has 2 N–H and O–H groups in total. The largest absolute Gasteiger partial charge is 0.321 e. The maximum absolute atomic E-state index is 12.2. The number of anilines is 1. The lowest BCUT2D eigenvalue weighted by atomic mass is 10.1. The third-order valence-electron chi connectivity index (χ3n) is 2.93. The summed E-state index contributed by atoms with van der Waals surface area (Å²) in [4.78, 5) is 12.2. The van der Waals surface area contributed by atoms with E-state index in [0.717, 1.165) is 5.56 Å². The van der Waals surface area contributed by atoms with Crippen molar-refractivity contribution >= 4 is 34.8 Å². The zero-order valence-corrected chi connectivity index (χ0v) is 12.6. The van der Waals surface area contributed by atoms with Gasteiger partial charge in [0.1, 0.15) is 0 Å². The van der Waals surface area contributed by atoms with Gasteiger partial charge in [-0.1, -0.05) is 35.3 Å². The van der Waals surface area contributed by atoms with E-state index in [1.807, 2.05) is 0 Å². The Hall–Kier alpha value is -2.44. The highest BCUT2D eigenvalue weighted by molar-refractivity contribution is 6.36. The number of nitrogens with zero attached hydrogens (tertiary/aromatic N) is 3. The molecule has 110 valence electrons. The molecule has 0 bridgehead atoms. The van der Waals surface area contributed by atoms with Crippen LogP contribution in [0, 0.1) is 0 Å². The van der Waals surface area contributed by atoms with E-state index in [1.54, 1.807) is 42.5 Å². The van der Waals surface area contributed by atoms with Gasteiger partial charge in [0.05, 0.1) is 10.7 Å². The zero-order valence-electron chi connectivity index (χ0n) is 11.0. The lowest BCUT2D eigenvalue weighted by Crippen LogP contribution is -2.12. The highest BCUT2D eigenvalue weighted by Crippen LogP contribution is 2.26. The fraction of sp³-hybridized carbons (Fsp3) is 0. The van der Waals surface area contributed by atoms with Crippen molar-refractivity contribution in [2.24, 2.45) is 0 Å². The number of carbonyl (C=O) groups excluding carboxylic acids is 1. The molecular weight excluding hydrogens is 325 g/mol. The molecule has 0 unspecified atom stereocenters. The lowest BCUT2D eigenvalue weighted by Gasteiger charge is -2.07. The van der Waals surface area contributed by atoms with E-state index in [2.05, 4.69) is 25.9 Å². The topological polar surface area (TPSA) is 83.6 Å². The number of carbonyl (C=O) groups is 1. The van der Waals surface area contributed by atoms with Gasteiger partial charge in [-0.15, -0.1) is 10.2 Å². The van der Waals surface area contributed by atoms with Crippen LogP contribution in [0.4, 0.5) is 5.69 Å². The number of amides is 1. The van der Waals surface area contributed by atoms with Crippen LogP contribution in [0.25, 0.3) is 11.4 Å². The van der Waals surface area contributed by atoms with Crippen LogP contribution in [0.3, 0.4) is 0 Å². The van der Waals surface area contributed by atoms with E-state index in [4.69, 9.17) is 23.2 Å². The van der Waals surface area contributed by atoms with E-state index in [9.17, 15) is 4.79 Å². The minimum atomic E-state index is -0.274. The first kappa shape index (κ1) is 14.5. The molecule has 0 spiro atoms. The van der Waals surface area contributed by atoms with Gasteiger partial charge in [-0.3, -0.25) is 4.79 Å². The van der Waals surface area contributed by atoms with Crippen LogP contribution in [-0.2, 0) is 0 Å². The average Bonchev–Trinajstić information content (AvgIpc) is 3.04. The maximum Gasteiger partial charge on any atom is 0.255 e. The molecule has 0 fully saturated rings. The number of H-pyrrole nitrogens is 1. The fourth-order valence-corrected chi connectivity index (χ4v) is 2.30. The number of hydrogen-bond acceptors (Lipinski definition) is 4. The molecule has 1 heterocycles. The van der Waals surface area contributed by atoms with Gasteiger partial charge in [-0.25, -0.2) is 0 Å². The third kappa shape index (κ3) is 3.08. The van der Waals surface area contributed by atoms with Crippen LogP contribution in [-0.4, -0.2) is 26.5 Å². The van der Waals surface area contributed by atoms with Crippen molar-refractivity contribution in [3.8, 4) is 11.4 Å². The van der Waals surface area contributed by atoms with Crippen LogP contribution in [0.2, 0.25) is 10.0 Å². The minimum absolute atomic E-state index is 0.274. The molecule has 6 nitrogen and oxygen atoms in total. The number of aromatic amines is 1. The van der Waals surface area contributed by atoms with Gasteiger partial charge in [0, 0.05) is 16.1 Å². The first-order valence-electron chi connectivity index (χ1n) is 6.24. The predicted octanol–water partition coefficient (Wildman–Crippen LogP) is 3.43. The van der Waals surface area contributed by atoms with Gasteiger partial charge in [0.15, 0.2) is 0 Å². The Morgan fingerprint density at radius 2 is 1.86 bits per heavy atom. The molecule has 22 heavy (non-hydrogen) atoms. The molecule has 0 atom stereocenters. The van der Waals surface area contributed by atoms with Crippen molar-refractivity contribution < 1.29 is 4.79 Å². The summed E-state index contributed by atoms with van der Waals surface area (Å²) in [6.45, 7) is 0. The summed E-state index contributed by atoms with van der Waals surface area (Å²) in [6.07, 6.45) is 0. The SMILES string of the molecule is O=C(Nc1ccc(Cl)cc1Cl)c1ccc(-c2nn[nH]n2)cc1. The molecule has 3 aromatic rings. The van der Waals surface area contributed by atoms with Gasteiger partial charge in [0.25, 0.3) is 5.91 Å². The molecule has 0 aliphatic rings. The Kier molecular flexibility index (Phi) is 4.04. The standard InChI is InChI=1S/C14H9Cl2N5O/c15-10-5-6-12(11(16)7-10)17-14(22)9-3-1-8(2-4-9)13-18-20-21-19-13/h1-7H,(H,17,22)(H,18,19,20,21). The van der Waals surface area contributed by atoms with Crippen molar-refractivity contribution in [2.75, 3.05) is 5.32 Å². The number of rotatable bonds is 3. The van der Waals surface area contributed by atoms with Crippen LogP contribution in [0.5, 0.6) is 0 Å². The highest BCUT2D eigenvalue weighted by Gasteiger charge is 2.10. The summed E-state index contributed by atoms with van der Waals surface area (Å²) in [5.41, 5.74) is 1.74. The Morgan fingerprint density at radius 1 is 1.09 bits per heavy atom. The number of nitrogens with one attached hydrogen (secondary N) is 2. The molecule has 0 aliphatic heterocycles. The van der Waals surface area contributed by atoms with Crippen LogP contribution in [0.1, 0.15) is 10.4 Å². The molecular formula is C14H9Cl2N5O. The molecule has 0 saturated heterocycles. The van der Waals surface area contributed by atoms with Crippen molar-refractivity contribution in [2.45, 2.75) is 0 Å². The Balaban J connectivity index is 1.77. The van der Waals surface area contributed by atoms with E-state index in [1.165, 1.54) is 0 Å². The first-order valence-corrected chi connectivity index (χ1v) is 6.99. The van der Waals surface area contributed by atoms with Gasteiger partial charge in [-0.2, -0.15) is 5.21 Å². The second kappa shape index (κ2) is 6.13. The summed E-state index contributed by atoms with van der Waals surface area (Å²) in [5.74, 6) is 0.191. The zero-order chi connectivity index (χ0) is 15.5. The molecule has 3 rings (SSSR count). The Labute approximate surface area is 135 Å². The molecule has 1 amide bonds. The summed E-state index contributed by atoms with van der Waals surface area (Å²) in [6, 6.07) is 11.7. The molecule has 0 radical (unpaired) electrons. The minimum Gasteiger partial charge on any atom is -0.321 e. The van der Waals surface area contributed by atoms with Crippen LogP contribution in [0.15, 0.2) is 42.5 Å². The number of halogens is 2. The Morgan fingerprint density at radius 3 is 2.50 bits per heavy atom. The summed E-state index contributed by atoms with van der Waals surface area (Å²) >= 11 is 11.8. The fourth-order valence-electron chi connectivity index (χ4n) is 1.84. The summed E-state index contributed by atoms with van der Waals surface area (Å²) in [7, 11) is 0. The second-order valence-electron chi connectivity index (χ2n) is 4.39. The molecule has 1 aromatic heterocycles. The summed E-state index contributed by atoms with van der Waals surface area (Å²) in [5, 5.41) is 17.2. The molecule has 0 aliphatic carbocycles. The molecule has 2 aromatic carbocycles. The van der Waals surface area contributed by atoms with Crippen molar-refractivity contribution in [1.82, 2.24) is 20.6 Å². The number of benzene rings is 2. The smallest absolute Gasteiger partial charge is 0.255 e. The number of tetrazole rings is 1.